The number of aromatic amines is 1. The molecule has 4 heterocycles. The number of likely N-dealkylation sites (tertiary alicyclic amines) is 2. The zero-order chi connectivity index (χ0) is 40.3. The van der Waals surface area contributed by atoms with E-state index in [0.717, 1.165) is 47.2 Å². The van der Waals surface area contributed by atoms with Gasteiger partial charge in [0.25, 0.3) is 5.91 Å². The standard InChI is InChI=1S/C41H52N8O7/c1-23(2)32(44-39(53)55-6)36(50)48-20-8-10-30(48)34-42-22-29(43-34)27-14-12-25(13-15-27)26-16-18-28(19-17-26)41(5)38(52)46-35(47-41)31-11-9-21-49(31)37(51)33(24(3)4)45-40(54)56-7/h12-19,22-24,30-33H,8-11,20-21H2,1-7H3,(H,42,43)(H,44,53)(H,45,54)(H,46,47,52)/t30-,31-,32?,33?,41?/m0/s1. The van der Waals surface area contributed by atoms with Gasteiger partial charge in [-0.1, -0.05) is 76.2 Å². The number of amides is 5. The fourth-order valence-electron chi connectivity index (χ4n) is 7.78. The summed E-state index contributed by atoms with van der Waals surface area (Å²) in [5.41, 5.74) is 3.24. The number of carbonyl (C=O) groups excluding carboxylic acids is 5. The van der Waals surface area contributed by atoms with Gasteiger partial charge in [0.05, 0.1) is 38.2 Å². The lowest BCUT2D eigenvalue weighted by molar-refractivity contribution is -0.135. The minimum absolute atomic E-state index is 0.120. The Kier molecular flexibility index (Phi) is 11.8. The number of benzene rings is 2. The molecule has 3 unspecified atom stereocenters. The van der Waals surface area contributed by atoms with Gasteiger partial charge in [-0.2, -0.15) is 0 Å². The highest BCUT2D eigenvalue weighted by Gasteiger charge is 2.46. The first-order valence-corrected chi connectivity index (χ1v) is 19.2. The molecule has 0 bridgehead atoms. The highest BCUT2D eigenvalue weighted by Crippen LogP contribution is 2.35. The van der Waals surface area contributed by atoms with E-state index in [1.165, 1.54) is 14.2 Å². The predicted octanol–water partition coefficient (Wildman–Crippen LogP) is 4.90. The van der Waals surface area contributed by atoms with E-state index in [2.05, 4.69) is 25.9 Å². The molecule has 15 nitrogen and oxygen atoms in total. The van der Waals surface area contributed by atoms with Crippen LogP contribution in [0.2, 0.25) is 0 Å². The van der Waals surface area contributed by atoms with Crippen molar-refractivity contribution in [2.45, 2.75) is 90.0 Å². The zero-order valence-electron chi connectivity index (χ0n) is 33.0. The number of nitrogens with zero attached hydrogens (tertiary/aromatic N) is 4. The molecule has 0 spiro atoms. The monoisotopic (exact) mass is 768 g/mol. The number of methoxy groups -OCH3 is 2. The lowest BCUT2D eigenvalue weighted by atomic mass is 9.91. The van der Waals surface area contributed by atoms with Crippen LogP contribution in [0.5, 0.6) is 0 Å². The van der Waals surface area contributed by atoms with Gasteiger partial charge < -0.3 is 40.2 Å². The van der Waals surface area contributed by atoms with Crippen LogP contribution < -0.4 is 16.0 Å². The number of hydrogen-bond donors (Lipinski definition) is 4. The van der Waals surface area contributed by atoms with E-state index in [9.17, 15) is 24.0 Å². The third-order valence-electron chi connectivity index (χ3n) is 11.1. The lowest BCUT2D eigenvalue weighted by Crippen LogP contribution is -2.55. The molecule has 3 aromatic rings. The van der Waals surface area contributed by atoms with Crippen LogP contribution in [0.25, 0.3) is 22.4 Å². The number of aromatic nitrogens is 2. The summed E-state index contributed by atoms with van der Waals surface area (Å²) in [5, 5.41) is 8.30. The molecule has 15 heteroatoms. The number of amidine groups is 1. The summed E-state index contributed by atoms with van der Waals surface area (Å²) in [6.07, 6.45) is 3.45. The third-order valence-corrected chi connectivity index (χ3v) is 11.1. The van der Waals surface area contributed by atoms with Crippen molar-refractivity contribution >= 4 is 35.7 Å². The van der Waals surface area contributed by atoms with E-state index in [0.29, 0.717) is 31.2 Å². The number of carbonyl (C=O) groups is 5. The van der Waals surface area contributed by atoms with E-state index < -0.39 is 35.9 Å². The maximum atomic E-state index is 13.6. The van der Waals surface area contributed by atoms with Gasteiger partial charge >= 0.3 is 12.2 Å². The second-order valence-corrected chi connectivity index (χ2v) is 15.5. The third kappa shape index (κ3) is 7.98. The Morgan fingerprint density at radius 1 is 0.768 bits per heavy atom. The van der Waals surface area contributed by atoms with Gasteiger partial charge in [-0.15, -0.1) is 0 Å². The summed E-state index contributed by atoms with van der Waals surface area (Å²) in [5.74, 6) is 0.201. The topological polar surface area (TPSA) is 187 Å². The molecule has 3 aliphatic heterocycles. The van der Waals surface area contributed by atoms with Gasteiger partial charge in [0.2, 0.25) is 11.8 Å². The van der Waals surface area contributed by atoms with Gasteiger partial charge in [-0.25, -0.2) is 19.6 Å². The summed E-state index contributed by atoms with van der Waals surface area (Å²) in [6, 6.07) is 13.7. The molecule has 298 valence electrons. The Hall–Kier alpha value is -5.73. The van der Waals surface area contributed by atoms with Crippen LogP contribution in [0.4, 0.5) is 9.59 Å². The molecule has 0 saturated carbocycles. The van der Waals surface area contributed by atoms with E-state index in [1.54, 1.807) is 22.9 Å². The second-order valence-electron chi connectivity index (χ2n) is 15.5. The molecule has 6 rings (SSSR count). The molecule has 5 atom stereocenters. The molecule has 3 aliphatic rings. The number of hydrogen-bond acceptors (Lipinski definition) is 9. The molecule has 56 heavy (non-hydrogen) atoms. The maximum Gasteiger partial charge on any atom is 0.407 e. The van der Waals surface area contributed by atoms with Gasteiger partial charge in [0.15, 0.2) is 5.54 Å². The molecule has 2 fully saturated rings. The first kappa shape index (κ1) is 39.9. The van der Waals surface area contributed by atoms with Crippen molar-refractivity contribution in [1.82, 2.24) is 35.7 Å². The molecule has 5 amide bonds. The van der Waals surface area contributed by atoms with Gasteiger partial charge in [-0.05, 0) is 66.7 Å². The summed E-state index contributed by atoms with van der Waals surface area (Å²) in [7, 11) is 2.54. The largest absolute Gasteiger partial charge is 0.453 e. The van der Waals surface area contributed by atoms with Crippen molar-refractivity contribution in [3.63, 3.8) is 0 Å². The highest BCUT2D eigenvalue weighted by atomic mass is 16.5. The maximum absolute atomic E-state index is 13.6. The molecule has 0 radical (unpaired) electrons. The molecule has 1 aromatic heterocycles. The van der Waals surface area contributed by atoms with Crippen LogP contribution in [0.15, 0.2) is 59.7 Å². The summed E-state index contributed by atoms with van der Waals surface area (Å²) < 4.78 is 9.49. The highest BCUT2D eigenvalue weighted by molar-refractivity contribution is 6.11. The molecule has 2 saturated heterocycles. The Bertz CT molecular complexity index is 1980. The normalized spacial score (nSPS) is 21.8. The smallest absolute Gasteiger partial charge is 0.407 e. The average Bonchev–Trinajstić information content (AvgIpc) is 4.02. The van der Waals surface area contributed by atoms with Crippen molar-refractivity contribution in [3.05, 3.63) is 66.1 Å². The minimum Gasteiger partial charge on any atom is -0.453 e. The van der Waals surface area contributed by atoms with Crippen LogP contribution in [-0.4, -0.2) is 101 Å². The summed E-state index contributed by atoms with van der Waals surface area (Å²) in [6.45, 7) is 10.3. The molecular weight excluding hydrogens is 716 g/mol. The predicted molar refractivity (Wildman–Crippen MR) is 209 cm³/mol. The number of ether oxygens (including phenoxy) is 2. The fourth-order valence-corrected chi connectivity index (χ4v) is 7.78. The fraction of sp³-hybridized carbons (Fsp3) is 0.488. The first-order chi connectivity index (χ1) is 26.7. The van der Waals surface area contributed by atoms with E-state index in [1.807, 2.05) is 76.2 Å². The van der Waals surface area contributed by atoms with Gasteiger partial charge in [-0.3, -0.25) is 14.4 Å². The Morgan fingerprint density at radius 3 is 1.77 bits per heavy atom. The van der Waals surface area contributed by atoms with Crippen LogP contribution in [0, 0.1) is 11.8 Å². The SMILES string of the molecule is COC(=O)NC(C(=O)N1CCC[C@H]1C1=NC(C)(c2ccc(-c3ccc(-c4cnc([C@@H]5CCCN5C(=O)C(NC(=O)OC)C(C)C)[nH]4)cc3)cc2)C(=O)N1)C(C)C. The number of rotatable bonds is 11. The van der Waals surface area contributed by atoms with Crippen LogP contribution in [-0.2, 0) is 29.4 Å². The Balaban J connectivity index is 1.13. The summed E-state index contributed by atoms with van der Waals surface area (Å²) in [4.78, 5) is 81.0. The summed E-state index contributed by atoms with van der Waals surface area (Å²) >= 11 is 0. The molecule has 2 aromatic carbocycles. The Labute approximate surface area is 327 Å². The number of alkyl carbamates (subject to hydrolysis) is 2. The molecular formula is C41H52N8O7. The van der Waals surface area contributed by atoms with Gasteiger partial charge in [0, 0.05) is 13.1 Å². The van der Waals surface area contributed by atoms with E-state index >= 15 is 0 Å². The lowest BCUT2D eigenvalue weighted by Gasteiger charge is -2.30. The molecule has 0 aliphatic carbocycles. The minimum atomic E-state index is -1.18. The van der Waals surface area contributed by atoms with Crippen molar-refractivity contribution in [2.75, 3.05) is 27.3 Å². The second kappa shape index (κ2) is 16.6. The number of aliphatic imine (C=N–C) groups is 1. The zero-order valence-corrected chi connectivity index (χ0v) is 33.0. The first-order valence-electron chi connectivity index (χ1n) is 19.2. The van der Waals surface area contributed by atoms with E-state index in [4.69, 9.17) is 14.5 Å². The van der Waals surface area contributed by atoms with Crippen LogP contribution in [0.1, 0.15) is 77.7 Å². The van der Waals surface area contributed by atoms with Crippen molar-refractivity contribution in [2.24, 2.45) is 16.8 Å². The average molecular weight is 769 g/mol. The van der Waals surface area contributed by atoms with E-state index in [-0.39, 0.29) is 35.6 Å². The number of nitrogens with one attached hydrogen (secondary N) is 4. The van der Waals surface area contributed by atoms with Crippen molar-refractivity contribution in [1.29, 1.82) is 0 Å². The van der Waals surface area contributed by atoms with Crippen molar-refractivity contribution < 1.29 is 33.4 Å². The van der Waals surface area contributed by atoms with Gasteiger partial charge in [0.1, 0.15) is 23.7 Å². The quantitative estimate of drug-likeness (QED) is 0.212. The number of H-pyrrole nitrogens is 1. The van der Waals surface area contributed by atoms with Crippen LogP contribution >= 0.6 is 0 Å². The Morgan fingerprint density at radius 2 is 1.25 bits per heavy atom. The molecule has 4 N–H and O–H groups in total. The van der Waals surface area contributed by atoms with Crippen LogP contribution in [0.3, 0.4) is 0 Å². The van der Waals surface area contributed by atoms with Crippen molar-refractivity contribution in [3.8, 4) is 22.4 Å². The number of imidazole rings is 1.